The van der Waals surface area contributed by atoms with Crippen LogP contribution < -0.4 is 10.6 Å². The minimum absolute atomic E-state index is 0.167. The van der Waals surface area contributed by atoms with E-state index in [1.54, 1.807) is 48.1 Å². The van der Waals surface area contributed by atoms with Crippen LogP contribution in [-0.4, -0.2) is 20.9 Å². The van der Waals surface area contributed by atoms with Gasteiger partial charge in [0.05, 0.1) is 12.3 Å². The van der Waals surface area contributed by atoms with E-state index in [1.807, 2.05) is 13.8 Å². The minimum atomic E-state index is -0.520. The van der Waals surface area contributed by atoms with E-state index < -0.39 is 6.10 Å². The van der Waals surface area contributed by atoms with E-state index in [1.165, 1.54) is 0 Å². The first-order chi connectivity index (χ1) is 9.97. The molecule has 112 valence electrons. The molecule has 0 aliphatic heterocycles. The van der Waals surface area contributed by atoms with Gasteiger partial charge in [0.25, 0.3) is 0 Å². The van der Waals surface area contributed by atoms with Gasteiger partial charge < -0.3 is 10.4 Å². The Morgan fingerprint density at radius 1 is 1.14 bits per heavy atom. The molecule has 1 heterocycles. The zero-order valence-corrected chi connectivity index (χ0v) is 12.4. The molecule has 1 aromatic carbocycles. The summed E-state index contributed by atoms with van der Waals surface area (Å²) in [4.78, 5) is 12.0. The molecule has 6 heteroatoms. The number of hydrogen-bond donors (Lipinski definition) is 3. The van der Waals surface area contributed by atoms with Crippen molar-refractivity contribution in [3.8, 4) is 0 Å². The standard InChI is InChI=1S/C15H20N4O2/c1-10(2)19-14(8-9-16-19)18-15(21)17-13-6-4-12(5-7-13)11(3)20/h4-11,20H,1-3H3,(H2,17,18,21). The van der Waals surface area contributed by atoms with Gasteiger partial charge in [-0.2, -0.15) is 5.10 Å². The number of hydrogen-bond acceptors (Lipinski definition) is 3. The highest BCUT2D eigenvalue weighted by molar-refractivity contribution is 5.99. The van der Waals surface area contributed by atoms with Crippen molar-refractivity contribution in [2.75, 3.05) is 10.6 Å². The van der Waals surface area contributed by atoms with Gasteiger partial charge >= 0.3 is 6.03 Å². The van der Waals surface area contributed by atoms with Gasteiger partial charge in [-0.15, -0.1) is 0 Å². The maximum absolute atomic E-state index is 12.0. The van der Waals surface area contributed by atoms with Crippen LogP contribution in [0.3, 0.4) is 0 Å². The van der Waals surface area contributed by atoms with E-state index in [0.717, 1.165) is 5.56 Å². The number of nitrogens with one attached hydrogen (secondary N) is 2. The van der Waals surface area contributed by atoms with E-state index >= 15 is 0 Å². The highest BCUT2D eigenvalue weighted by atomic mass is 16.3. The summed E-state index contributed by atoms with van der Waals surface area (Å²) in [6.07, 6.45) is 1.13. The van der Waals surface area contributed by atoms with Crippen LogP contribution in [0.1, 0.15) is 38.5 Å². The van der Waals surface area contributed by atoms with E-state index in [-0.39, 0.29) is 12.1 Å². The molecule has 0 fully saturated rings. The van der Waals surface area contributed by atoms with Crippen molar-refractivity contribution < 1.29 is 9.90 Å². The lowest BCUT2D eigenvalue weighted by atomic mass is 10.1. The summed E-state index contributed by atoms with van der Waals surface area (Å²) in [7, 11) is 0. The number of aromatic nitrogens is 2. The lowest BCUT2D eigenvalue weighted by Gasteiger charge is -2.12. The quantitative estimate of drug-likeness (QED) is 0.808. The number of rotatable bonds is 4. The van der Waals surface area contributed by atoms with Crippen molar-refractivity contribution in [2.45, 2.75) is 32.9 Å². The number of carbonyl (C=O) groups is 1. The van der Waals surface area contributed by atoms with Crippen LogP contribution in [0, 0.1) is 0 Å². The average molecular weight is 288 g/mol. The second kappa shape index (κ2) is 6.41. The maximum atomic E-state index is 12.0. The largest absolute Gasteiger partial charge is 0.389 e. The molecule has 2 amide bonds. The molecule has 1 unspecified atom stereocenters. The molecule has 0 aliphatic rings. The molecule has 21 heavy (non-hydrogen) atoms. The zero-order chi connectivity index (χ0) is 15.4. The first kappa shape index (κ1) is 15.1. The Kier molecular flexibility index (Phi) is 4.59. The molecule has 2 aromatic rings. The fraction of sp³-hybridized carbons (Fsp3) is 0.333. The Morgan fingerprint density at radius 3 is 2.38 bits per heavy atom. The maximum Gasteiger partial charge on any atom is 0.324 e. The van der Waals surface area contributed by atoms with Crippen LogP contribution in [0.5, 0.6) is 0 Å². The van der Waals surface area contributed by atoms with Gasteiger partial charge in [0.15, 0.2) is 0 Å². The van der Waals surface area contributed by atoms with E-state index in [0.29, 0.717) is 11.5 Å². The van der Waals surface area contributed by atoms with Crippen LogP contribution in [0.25, 0.3) is 0 Å². The van der Waals surface area contributed by atoms with Crippen molar-refractivity contribution in [2.24, 2.45) is 0 Å². The topological polar surface area (TPSA) is 79.2 Å². The van der Waals surface area contributed by atoms with Crippen LogP contribution >= 0.6 is 0 Å². The van der Waals surface area contributed by atoms with Gasteiger partial charge in [-0.25, -0.2) is 9.48 Å². The predicted octanol–water partition coefficient (Wildman–Crippen LogP) is 3.16. The first-order valence-electron chi connectivity index (χ1n) is 6.87. The minimum Gasteiger partial charge on any atom is -0.389 e. The smallest absolute Gasteiger partial charge is 0.324 e. The van der Waals surface area contributed by atoms with Gasteiger partial charge in [-0.05, 0) is 38.5 Å². The Hall–Kier alpha value is -2.34. The van der Waals surface area contributed by atoms with Crippen molar-refractivity contribution in [3.63, 3.8) is 0 Å². The summed E-state index contributed by atoms with van der Waals surface area (Å²) in [6, 6.07) is 8.64. The van der Waals surface area contributed by atoms with Crippen molar-refractivity contribution in [1.29, 1.82) is 0 Å². The molecule has 2 rings (SSSR count). The summed E-state index contributed by atoms with van der Waals surface area (Å²) >= 11 is 0. The lowest BCUT2D eigenvalue weighted by molar-refractivity contribution is 0.199. The molecule has 1 atom stereocenters. The summed E-state index contributed by atoms with van der Waals surface area (Å²) in [5.41, 5.74) is 1.46. The Labute approximate surface area is 123 Å². The predicted molar refractivity (Wildman–Crippen MR) is 82.3 cm³/mol. The molecule has 0 bridgehead atoms. The Balaban J connectivity index is 2.00. The number of anilines is 2. The number of urea groups is 1. The first-order valence-corrected chi connectivity index (χ1v) is 6.87. The molecule has 0 saturated heterocycles. The molecule has 1 aromatic heterocycles. The fourth-order valence-corrected chi connectivity index (χ4v) is 1.95. The van der Waals surface area contributed by atoms with Crippen molar-refractivity contribution >= 4 is 17.5 Å². The molecular formula is C15H20N4O2. The van der Waals surface area contributed by atoms with Gasteiger partial charge in [0.1, 0.15) is 5.82 Å². The van der Waals surface area contributed by atoms with Gasteiger partial charge in [0, 0.05) is 17.8 Å². The van der Waals surface area contributed by atoms with Crippen LogP contribution in [0.2, 0.25) is 0 Å². The number of amides is 2. The number of carbonyl (C=O) groups excluding carboxylic acids is 1. The third-order valence-electron chi connectivity index (χ3n) is 3.05. The molecular weight excluding hydrogens is 268 g/mol. The van der Waals surface area contributed by atoms with Crippen molar-refractivity contribution in [3.05, 3.63) is 42.1 Å². The van der Waals surface area contributed by atoms with Gasteiger partial charge in [0.2, 0.25) is 0 Å². The second-order valence-corrected chi connectivity index (χ2v) is 5.13. The van der Waals surface area contributed by atoms with Crippen LogP contribution in [0.4, 0.5) is 16.3 Å². The molecule has 0 saturated carbocycles. The summed E-state index contributed by atoms with van der Waals surface area (Å²) in [5, 5.41) is 19.1. The Morgan fingerprint density at radius 2 is 1.81 bits per heavy atom. The molecule has 0 radical (unpaired) electrons. The molecule has 3 N–H and O–H groups in total. The fourth-order valence-electron chi connectivity index (χ4n) is 1.95. The van der Waals surface area contributed by atoms with Gasteiger partial charge in [-0.1, -0.05) is 12.1 Å². The SMILES string of the molecule is CC(O)c1ccc(NC(=O)Nc2ccnn2C(C)C)cc1. The number of benzene rings is 1. The van der Waals surface area contributed by atoms with Crippen LogP contribution in [-0.2, 0) is 0 Å². The summed E-state index contributed by atoms with van der Waals surface area (Å²) in [5.74, 6) is 0.642. The second-order valence-electron chi connectivity index (χ2n) is 5.13. The number of nitrogens with zero attached hydrogens (tertiary/aromatic N) is 2. The molecule has 6 nitrogen and oxygen atoms in total. The van der Waals surface area contributed by atoms with Crippen molar-refractivity contribution in [1.82, 2.24) is 9.78 Å². The van der Waals surface area contributed by atoms with E-state index in [4.69, 9.17) is 0 Å². The lowest BCUT2D eigenvalue weighted by Crippen LogP contribution is -2.22. The average Bonchev–Trinajstić information content (AvgIpc) is 2.87. The Bertz CT molecular complexity index is 602. The number of aliphatic hydroxyl groups excluding tert-OH is 1. The van der Waals surface area contributed by atoms with E-state index in [2.05, 4.69) is 15.7 Å². The highest BCUT2D eigenvalue weighted by Crippen LogP contribution is 2.17. The summed E-state index contributed by atoms with van der Waals surface area (Å²) < 4.78 is 1.73. The normalized spacial score (nSPS) is 12.2. The third-order valence-corrected chi connectivity index (χ3v) is 3.05. The number of aliphatic hydroxyl groups is 1. The van der Waals surface area contributed by atoms with E-state index in [9.17, 15) is 9.90 Å². The summed E-state index contributed by atoms with van der Waals surface area (Å²) in [6.45, 7) is 5.68. The molecule has 0 aliphatic carbocycles. The van der Waals surface area contributed by atoms with Crippen LogP contribution in [0.15, 0.2) is 36.5 Å². The third kappa shape index (κ3) is 3.82. The monoisotopic (exact) mass is 288 g/mol. The van der Waals surface area contributed by atoms with Gasteiger partial charge in [-0.3, -0.25) is 5.32 Å². The highest BCUT2D eigenvalue weighted by Gasteiger charge is 2.09. The molecule has 0 spiro atoms. The zero-order valence-electron chi connectivity index (χ0n) is 12.4.